The van der Waals surface area contributed by atoms with Crippen molar-refractivity contribution in [3.05, 3.63) is 72.7 Å². The predicted molar refractivity (Wildman–Crippen MR) is 142 cm³/mol. The smallest absolute Gasteiger partial charge is 0.260 e. The Morgan fingerprint density at radius 2 is 1.92 bits per heavy atom. The summed E-state index contributed by atoms with van der Waals surface area (Å²) < 4.78 is 7.92. The molecule has 5 heterocycles. The molecule has 2 atom stereocenters. The number of pyridine rings is 2. The van der Waals surface area contributed by atoms with Gasteiger partial charge in [-0.3, -0.25) is 9.69 Å². The molecule has 0 unspecified atom stereocenters. The van der Waals surface area contributed by atoms with Crippen molar-refractivity contribution in [2.24, 2.45) is 0 Å². The van der Waals surface area contributed by atoms with Crippen molar-refractivity contribution in [3.8, 4) is 11.5 Å². The van der Waals surface area contributed by atoms with Gasteiger partial charge in [0.15, 0.2) is 5.82 Å². The number of rotatable bonds is 8. The molecule has 2 aliphatic heterocycles. The Balaban J connectivity index is 1.49. The van der Waals surface area contributed by atoms with Crippen LogP contribution in [0.2, 0.25) is 0 Å². The number of carbonyl (C=O) groups is 1. The molecule has 0 spiro atoms. The molecule has 0 aromatic carbocycles. The van der Waals surface area contributed by atoms with Gasteiger partial charge < -0.3 is 19.5 Å². The highest BCUT2D eigenvalue weighted by Gasteiger charge is 2.34. The van der Waals surface area contributed by atoms with E-state index in [-0.39, 0.29) is 24.2 Å². The van der Waals surface area contributed by atoms with Crippen molar-refractivity contribution < 1.29 is 9.53 Å². The third-order valence-electron chi connectivity index (χ3n) is 6.70. The van der Waals surface area contributed by atoms with E-state index in [4.69, 9.17) is 14.7 Å². The SMILES string of the molecule is C=C[C@@H]1CN(c2cc3c(c(CNC)n2)CN(c2cccc(-c4nncn4C(C)C)n2)C3=O)C[C@H](C=C)O1. The monoisotopic (exact) mass is 500 g/mol. The molecule has 0 saturated carbocycles. The second-order valence-electron chi connectivity index (χ2n) is 9.50. The van der Waals surface area contributed by atoms with E-state index >= 15 is 0 Å². The van der Waals surface area contributed by atoms with Crippen LogP contribution in [0.5, 0.6) is 0 Å². The van der Waals surface area contributed by atoms with Gasteiger partial charge in [0.25, 0.3) is 5.91 Å². The summed E-state index contributed by atoms with van der Waals surface area (Å²) in [5.74, 6) is 1.88. The number of nitrogens with one attached hydrogen (secondary N) is 1. The Labute approximate surface area is 216 Å². The average molecular weight is 501 g/mol. The fraction of sp³-hybridized carbons (Fsp3) is 0.370. The number of aromatic nitrogens is 5. The first-order chi connectivity index (χ1) is 17.9. The molecule has 0 aliphatic carbocycles. The average Bonchev–Trinajstić information content (AvgIpc) is 3.54. The molecule has 10 heteroatoms. The number of carbonyl (C=O) groups excluding carboxylic acids is 1. The number of hydrogen-bond acceptors (Lipinski definition) is 8. The fourth-order valence-electron chi connectivity index (χ4n) is 4.78. The van der Waals surface area contributed by atoms with Crippen LogP contribution in [0.4, 0.5) is 11.6 Å². The van der Waals surface area contributed by atoms with Gasteiger partial charge in [0.05, 0.1) is 30.0 Å². The second kappa shape index (κ2) is 10.2. The Hall–Kier alpha value is -3.89. The standard InChI is InChI=1S/C27H32N8O2/c1-6-18-13-33(14-19(7-2)37-18)25-11-20-21(23(31-25)12-28-5)15-34(27(20)36)24-10-8-9-22(30-24)26-32-29-16-35(26)17(3)4/h6-11,16-19,28H,1-2,12-15H2,3-5H3/t18-,19+. The second-order valence-corrected chi connectivity index (χ2v) is 9.50. The zero-order valence-corrected chi connectivity index (χ0v) is 21.5. The highest BCUT2D eigenvalue weighted by atomic mass is 16.5. The van der Waals surface area contributed by atoms with Gasteiger partial charge in [-0.2, -0.15) is 0 Å². The molecule has 3 aromatic rings. The minimum Gasteiger partial charge on any atom is -0.363 e. The Kier molecular flexibility index (Phi) is 6.86. The third kappa shape index (κ3) is 4.65. The summed E-state index contributed by atoms with van der Waals surface area (Å²) in [5.41, 5.74) is 3.07. The molecule has 1 fully saturated rings. The van der Waals surface area contributed by atoms with Crippen LogP contribution < -0.4 is 15.1 Å². The summed E-state index contributed by atoms with van der Waals surface area (Å²) >= 11 is 0. The summed E-state index contributed by atoms with van der Waals surface area (Å²) in [6.07, 6.45) is 4.98. The fourth-order valence-corrected chi connectivity index (χ4v) is 4.78. The van der Waals surface area contributed by atoms with E-state index in [9.17, 15) is 4.79 Å². The van der Waals surface area contributed by atoms with E-state index in [1.807, 2.05) is 35.9 Å². The summed E-state index contributed by atoms with van der Waals surface area (Å²) in [6.45, 7) is 14.1. The van der Waals surface area contributed by atoms with Crippen LogP contribution in [-0.4, -0.2) is 63.0 Å². The normalized spacial score (nSPS) is 19.4. The van der Waals surface area contributed by atoms with Crippen molar-refractivity contribution in [3.63, 3.8) is 0 Å². The number of nitrogens with zero attached hydrogens (tertiary/aromatic N) is 7. The number of amides is 1. The van der Waals surface area contributed by atoms with Crippen LogP contribution in [-0.2, 0) is 17.8 Å². The van der Waals surface area contributed by atoms with Crippen LogP contribution in [0.3, 0.4) is 0 Å². The van der Waals surface area contributed by atoms with Crippen LogP contribution in [0.15, 0.2) is 55.9 Å². The molecule has 10 nitrogen and oxygen atoms in total. The van der Waals surface area contributed by atoms with Crippen molar-refractivity contribution in [1.82, 2.24) is 30.0 Å². The van der Waals surface area contributed by atoms with Gasteiger partial charge in [-0.25, -0.2) is 9.97 Å². The van der Waals surface area contributed by atoms with Gasteiger partial charge in [0.1, 0.15) is 23.7 Å². The molecule has 1 amide bonds. The van der Waals surface area contributed by atoms with Gasteiger partial charge in [0, 0.05) is 31.2 Å². The molecule has 5 rings (SSSR count). The number of ether oxygens (including phenoxy) is 1. The maximum Gasteiger partial charge on any atom is 0.260 e. The van der Waals surface area contributed by atoms with Gasteiger partial charge >= 0.3 is 0 Å². The zero-order chi connectivity index (χ0) is 26.1. The maximum absolute atomic E-state index is 13.7. The minimum atomic E-state index is -0.147. The van der Waals surface area contributed by atoms with E-state index in [1.165, 1.54) is 0 Å². The molecule has 0 bridgehead atoms. The van der Waals surface area contributed by atoms with Gasteiger partial charge in [-0.15, -0.1) is 23.4 Å². The van der Waals surface area contributed by atoms with Gasteiger partial charge in [-0.1, -0.05) is 18.2 Å². The lowest BCUT2D eigenvalue weighted by atomic mass is 10.1. The highest BCUT2D eigenvalue weighted by Crippen LogP contribution is 2.33. The molecule has 1 saturated heterocycles. The largest absolute Gasteiger partial charge is 0.363 e. The van der Waals surface area contributed by atoms with Crippen LogP contribution in [0.25, 0.3) is 11.5 Å². The van der Waals surface area contributed by atoms with Gasteiger partial charge in [-0.05, 0) is 39.1 Å². The first-order valence-corrected chi connectivity index (χ1v) is 12.4. The van der Waals surface area contributed by atoms with Crippen LogP contribution >= 0.6 is 0 Å². The van der Waals surface area contributed by atoms with Gasteiger partial charge in [0.2, 0.25) is 0 Å². The lowest BCUT2D eigenvalue weighted by molar-refractivity contribution is 0.0266. The van der Waals surface area contributed by atoms with Crippen molar-refractivity contribution >= 4 is 17.5 Å². The lowest BCUT2D eigenvalue weighted by Crippen LogP contribution is -2.46. The summed E-state index contributed by atoms with van der Waals surface area (Å²) in [5, 5.41) is 11.5. The maximum atomic E-state index is 13.7. The topological polar surface area (TPSA) is 101 Å². The van der Waals surface area contributed by atoms with E-state index in [0.29, 0.717) is 49.1 Å². The van der Waals surface area contributed by atoms with Crippen molar-refractivity contribution in [2.45, 2.75) is 45.2 Å². The van der Waals surface area contributed by atoms with Crippen LogP contribution in [0, 0.1) is 0 Å². The van der Waals surface area contributed by atoms with E-state index < -0.39 is 0 Å². The highest BCUT2D eigenvalue weighted by molar-refractivity contribution is 6.10. The molecule has 0 radical (unpaired) electrons. The summed E-state index contributed by atoms with van der Waals surface area (Å²) in [4.78, 5) is 27.3. The Morgan fingerprint density at radius 1 is 1.16 bits per heavy atom. The zero-order valence-electron chi connectivity index (χ0n) is 21.5. The molecule has 1 N–H and O–H groups in total. The summed E-state index contributed by atoms with van der Waals surface area (Å²) in [7, 11) is 1.88. The van der Waals surface area contributed by atoms with E-state index in [0.717, 1.165) is 17.1 Å². The molecule has 2 aliphatic rings. The molecule has 37 heavy (non-hydrogen) atoms. The van der Waals surface area contributed by atoms with E-state index in [1.54, 1.807) is 23.4 Å². The molecule has 3 aromatic heterocycles. The van der Waals surface area contributed by atoms with Crippen molar-refractivity contribution in [2.75, 3.05) is 29.9 Å². The number of morpholine rings is 1. The lowest BCUT2D eigenvalue weighted by Gasteiger charge is -2.36. The quantitative estimate of drug-likeness (QED) is 0.471. The summed E-state index contributed by atoms with van der Waals surface area (Å²) in [6, 6.07) is 7.70. The third-order valence-corrected chi connectivity index (χ3v) is 6.70. The molecular weight excluding hydrogens is 468 g/mol. The Bertz CT molecular complexity index is 1320. The van der Waals surface area contributed by atoms with E-state index in [2.05, 4.69) is 47.4 Å². The number of fused-ring (bicyclic) bond motifs is 1. The van der Waals surface area contributed by atoms with Crippen molar-refractivity contribution in [1.29, 1.82) is 0 Å². The number of anilines is 2. The first kappa shape index (κ1) is 24.8. The number of hydrogen-bond donors (Lipinski definition) is 1. The first-order valence-electron chi connectivity index (χ1n) is 12.4. The predicted octanol–water partition coefficient (Wildman–Crippen LogP) is 3.14. The van der Waals surface area contributed by atoms with Crippen LogP contribution in [0.1, 0.15) is 41.5 Å². The molecule has 192 valence electrons. The minimum absolute atomic E-state index is 0.0974. The Morgan fingerprint density at radius 3 is 2.59 bits per heavy atom. The molecular formula is C27H32N8O2.